The van der Waals surface area contributed by atoms with Crippen LogP contribution >= 0.6 is 0 Å². The van der Waals surface area contributed by atoms with Gasteiger partial charge in [0.15, 0.2) is 0 Å². The third kappa shape index (κ3) is 14.2. The van der Waals surface area contributed by atoms with E-state index in [-0.39, 0.29) is 38.1 Å². The van der Waals surface area contributed by atoms with E-state index in [0.717, 1.165) is 0 Å². The number of nitrogens with two attached hydrogens (primary N) is 5. The van der Waals surface area contributed by atoms with Crippen LogP contribution in [-0.4, -0.2) is 124 Å². The van der Waals surface area contributed by atoms with E-state index in [0.29, 0.717) is 41.3 Å². The fourth-order valence-corrected chi connectivity index (χ4v) is 7.44. The number of H-pyrrole nitrogens is 1. The number of nitrogens with zero attached hydrogens (tertiary/aromatic N) is 1. The van der Waals surface area contributed by atoms with Gasteiger partial charge in [-0.05, 0) is 54.5 Å². The van der Waals surface area contributed by atoms with Gasteiger partial charge in [0.2, 0.25) is 53.2 Å². The number of nitrogens with one attached hydrogen (secondary N) is 6. The Morgan fingerprint density at radius 3 is 2.02 bits per heavy atom. The Bertz CT molecular complexity index is 2220. The number of fused-ring (bicyclic) bond motifs is 1. The minimum absolute atomic E-state index is 0.0255. The standard InChI is InChI=1S/C43H60N12O10/c1-3-22(2)36(42(64)53-32(17-23-10-12-25(56)13-11-23)43(65)55-16-6-9-33(55)37(48)59)54-39(61)29(14-15-34(46)57)50-40(62)30(18-24-21-49-28-8-5-4-7-26(24)28)52-41(63)31(19-35(47)58)51-38(60)27(45)20-44/h4-5,7-8,10-13,21-22,27,29-33,36,49,56H,3,6,9,14-20,44-45H2,1-2H3,(H2,46,57)(H2,47,58)(H2,48,59)(H,50,62)(H,51,60)(H,52,63)(H,53,64)(H,54,61)/t22-,27-,29-,30-,31-,32-,33-,36-/m0/s1. The Morgan fingerprint density at radius 2 is 1.38 bits per heavy atom. The number of aromatic nitrogens is 1. The third-order valence-electron chi connectivity index (χ3n) is 11.3. The number of primary amides is 3. The predicted octanol–water partition coefficient (Wildman–Crippen LogP) is -2.97. The smallest absolute Gasteiger partial charge is 0.246 e. The summed E-state index contributed by atoms with van der Waals surface area (Å²) in [7, 11) is 0. The molecule has 1 aromatic heterocycles. The summed E-state index contributed by atoms with van der Waals surface area (Å²) in [4.78, 5) is 124. The zero-order chi connectivity index (χ0) is 48.0. The molecule has 1 saturated heterocycles. The number of phenolic OH excluding ortho intramolecular Hbond substituents is 1. The molecule has 22 heteroatoms. The Morgan fingerprint density at radius 1 is 0.769 bits per heavy atom. The molecular formula is C43H60N12O10. The van der Waals surface area contributed by atoms with Crippen LogP contribution in [0.4, 0.5) is 0 Å². The highest BCUT2D eigenvalue weighted by Crippen LogP contribution is 2.22. The number of amides is 9. The van der Waals surface area contributed by atoms with Gasteiger partial charge in [-0.25, -0.2) is 0 Å². The van der Waals surface area contributed by atoms with Crippen molar-refractivity contribution in [2.24, 2.45) is 34.6 Å². The van der Waals surface area contributed by atoms with Crippen molar-refractivity contribution in [3.63, 3.8) is 0 Å². The molecule has 8 atom stereocenters. The Hall–Kier alpha value is -7.07. The van der Waals surface area contributed by atoms with E-state index in [2.05, 4.69) is 31.6 Å². The van der Waals surface area contributed by atoms with E-state index in [1.165, 1.54) is 17.0 Å². The summed E-state index contributed by atoms with van der Waals surface area (Å²) in [6.07, 6.45) is 1.14. The number of rotatable bonds is 24. The normalized spacial score (nSPS) is 16.7. The lowest BCUT2D eigenvalue weighted by molar-refractivity contribution is -0.141. The fourth-order valence-electron chi connectivity index (χ4n) is 7.44. The number of aromatic hydroxyl groups is 1. The van der Waals surface area contributed by atoms with Crippen molar-refractivity contribution in [1.29, 1.82) is 0 Å². The van der Waals surface area contributed by atoms with Gasteiger partial charge in [0.05, 0.1) is 12.5 Å². The van der Waals surface area contributed by atoms with E-state index in [1.54, 1.807) is 56.4 Å². The highest BCUT2D eigenvalue weighted by atomic mass is 16.3. The van der Waals surface area contributed by atoms with Crippen molar-refractivity contribution in [2.75, 3.05) is 13.1 Å². The second kappa shape index (κ2) is 23.6. The molecule has 0 spiro atoms. The van der Waals surface area contributed by atoms with Crippen LogP contribution in [-0.2, 0) is 56.0 Å². The highest BCUT2D eigenvalue weighted by molar-refractivity contribution is 5.99. The van der Waals surface area contributed by atoms with Crippen LogP contribution in [0.5, 0.6) is 5.75 Å². The van der Waals surface area contributed by atoms with Crippen LogP contribution in [0, 0.1) is 5.92 Å². The van der Waals surface area contributed by atoms with Gasteiger partial charge >= 0.3 is 0 Å². The average Bonchev–Trinajstić information content (AvgIpc) is 3.94. The molecule has 2 aromatic carbocycles. The largest absolute Gasteiger partial charge is 0.508 e. The number of benzene rings is 2. The maximum absolute atomic E-state index is 14.3. The van der Waals surface area contributed by atoms with Gasteiger partial charge < -0.3 is 70.2 Å². The molecule has 1 aliphatic heterocycles. The topological polar surface area (TPSA) is 383 Å². The second-order valence-corrected chi connectivity index (χ2v) is 16.2. The van der Waals surface area contributed by atoms with E-state index >= 15 is 0 Å². The molecule has 0 radical (unpaired) electrons. The number of para-hydroxylation sites is 1. The van der Waals surface area contributed by atoms with Crippen molar-refractivity contribution in [2.45, 2.75) is 108 Å². The molecule has 17 N–H and O–H groups in total. The molecule has 352 valence electrons. The van der Waals surface area contributed by atoms with Gasteiger partial charge in [-0.3, -0.25) is 43.2 Å². The first-order chi connectivity index (χ1) is 30.8. The first kappa shape index (κ1) is 50.6. The molecule has 4 rings (SSSR count). The summed E-state index contributed by atoms with van der Waals surface area (Å²) in [6, 6.07) is 3.76. The SMILES string of the molecule is CC[C@H](C)[C@H](NC(=O)[C@H](CCC(N)=O)NC(=O)[C@H](Cc1c[nH]c2ccccc12)NC(=O)[C@H](CC(N)=O)NC(=O)[C@@H](N)CN)C(=O)N[C@@H](Cc1ccc(O)cc1)C(=O)N1CCC[C@H]1C(N)=O. The van der Waals surface area contributed by atoms with Crippen molar-refractivity contribution in [3.8, 4) is 5.75 Å². The maximum Gasteiger partial charge on any atom is 0.246 e. The number of likely N-dealkylation sites (tertiary alicyclic amines) is 1. The molecule has 1 fully saturated rings. The number of carbonyl (C=O) groups excluding carboxylic acids is 9. The molecule has 22 nitrogen and oxygen atoms in total. The second-order valence-electron chi connectivity index (χ2n) is 16.2. The minimum atomic E-state index is -1.59. The minimum Gasteiger partial charge on any atom is -0.508 e. The predicted molar refractivity (Wildman–Crippen MR) is 236 cm³/mol. The Kier molecular flexibility index (Phi) is 18.3. The van der Waals surface area contributed by atoms with E-state index in [9.17, 15) is 48.3 Å². The summed E-state index contributed by atoms with van der Waals surface area (Å²) in [5.41, 5.74) is 29.5. The van der Waals surface area contributed by atoms with Gasteiger partial charge in [0.25, 0.3) is 0 Å². The number of phenols is 1. The molecule has 0 bridgehead atoms. The number of aromatic amines is 1. The van der Waals surface area contributed by atoms with Gasteiger partial charge in [0, 0.05) is 49.5 Å². The van der Waals surface area contributed by atoms with E-state index in [4.69, 9.17) is 28.7 Å². The summed E-state index contributed by atoms with van der Waals surface area (Å²) < 4.78 is 0. The van der Waals surface area contributed by atoms with Crippen LogP contribution in [0.3, 0.4) is 0 Å². The fraction of sp³-hybridized carbons (Fsp3) is 0.465. The van der Waals surface area contributed by atoms with Gasteiger partial charge in [-0.1, -0.05) is 50.6 Å². The molecule has 0 unspecified atom stereocenters. The Balaban J connectivity index is 1.64. The van der Waals surface area contributed by atoms with Crippen LogP contribution in [0.25, 0.3) is 10.9 Å². The van der Waals surface area contributed by atoms with Crippen molar-refractivity contribution in [1.82, 2.24) is 36.5 Å². The van der Waals surface area contributed by atoms with Crippen LogP contribution in [0.2, 0.25) is 0 Å². The monoisotopic (exact) mass is 904 g/mol. The molecule has 0 saturated carbocycles. The average molecular weight is 905 g/mol. The Labute approximate surface area is 374 Å². The van der Waals surface area contributed by atoms with Crippen LogP contribution in [0.15, 0.2) is 54.7 Å². The van der Waals surface area contributed by atoms with E-state index < -0.39 is 114 Å². The molecule has 65 heavy (non-hydrogen) atoms. The zero-order valence-corrected chi connectivity index (χ0v) is 36.3. The summed E-state index contributed by atoms with van der Waals surface area (Å²) in [6.45, 7) is 3.37. The summed E-state index contributed by atoms with van der Waals surface area (Å²) in [5.74, 6) is -8.15. The van der Waals surface area contributed by atoms with Gasteiger partial charge in [-0.2, -0.15) is 0 Å². The van der Waals surface area contributed by atoms with Gasteiger partial charge in [0.1, 0.15) is 42.0 Å². The van der Waals surface area contributed by atoms with Crippen LogP contribution in [0.1, 0.15) is 63.5 Å². The van der Waals surface area contributed by atoms with E-state index in [1.807, 2.05) is 0 Å². The van der Waals surface area contributed by atoms with Crippen LogP contribution < -0.4 is 55.3 Å². The zero-order valence-electron chi connectivity index (χ0n) is 36.3. The summed E-state index contributed by atoms with van der Waals surface area (Å²) in [5, 5.41) is 23.4. The van der Waals surface area contributed by atoms with Crippen molar-refractivity contribution < 1.29 is 48.3 Å². The molecule has 3 aromatic rings. The molecule has 1 aliphatic rings. The lowest BCUT2D eigenvalue weighted by Crippen LogP contribution is -2.61. The molecule has 9 amide bonds. The third-order valence-corrected chi connectivity index (χ3v) is 11.3. The number of hydrogen-bond donors (Lipinski definition) is 12. The lowest BCUT2D eigenvalue weighted by Gasteiger charge is -2.31. The molecule has 2 heterocycles. The molecular weight excluding hydrogens is 845 g/mol. The quantitative estimate of drug-likeness (QED) is 0.0429. The maximum atomic E-state index is 14.3. The summed E-state index contributed by atoms with van der Waals surface area (Å²) >= 11 is 0. The molecule has 0 aliphatic carbocycles. The van der Waals surface area contributed by atoms with Crippen molar-refractivity contribution in [3.05, 3.63) is 65.9 Å². The number of hydrogen-bond acceptors (Lipinski definition) is 12. The lowest BCUT2D eigenvalue weighted by atomic mass is 9.96. The highest BCUT2D eigenvalue weighted by Gasteiger charge is 2.39. The number of carbonyl (C=O) groups is 9. The first-order valence-electron chi connectivity index (χ1n) is 21.3. The van der Waals surface area contributed by atoms with Crippen molar-refractivity contribution >= 4 is 64.1 Å². The first-order valence-corrected chi connectivity index (χ1v) is 21.3. The van der Waals surface area contributed by atoms with Gasteiger partial charge in [-0.15, -0.1) is 0 Å².